The van der Waals surface area contributed by atoms with E-state index >= 15 is 0 Å². The van der Waals surface area contributed by atoms with Crippen molar-refractivity contribution in [1.82, 2.24) is 0 Å². The fraction of sp³-hybridized carbons (Fsp3) is 0.250. The van der Waals surface area contributed by atoms with Gasteiger partial charge in [-0.1, -0.05) is 31.5 Å². The summed E-state index contributed by atoms with van der Waals surface area (Å²) < 4.78 is 10.9. The van der Waals surface area contributed by atoms with Crippen molar-refractivity contribution < 1.29 is 9.47 Å². The number of nitrogens with two attached hydrogens (primary N) is 1. The number of hydrogen-bond donors (Lipinski definition) is 1. The number of hydrogen-bond acceptors (Lipinski definition) is 3. The maximum Gasteiger partial charge on any atom is 0.154 e. The van der Waals surface area contributed by atoms with E-state index in [4.69, 9.17) is 15.2 Å². The average Bonchev–Trinajstić information content (AvgIpc) is 2.43. The van der Waals surface area contributed by atoms with Crippen LogP contribution in [0, 0.1) is 0 Å². The fourth-order valence-corrected chi connectivity index (χ4v) is 1.93. The van der Waals surface area contributed by atoms with Crippen molar-refractivity contribution in [2.45, 2.75) is 19.8 Å². The predicted octanol–water partition coefficient (Wildman–Crippen LogP) is 4.02. The quantitative estimate of drug-likeness (QED) is 0.823. The Labute approximate surface area is 114 Å². The fourth-order valence-electron chi connectivity index (χ4n) is 1.93. The molecule has 3 nitrogen and oxygen atoms in total. The first kappa shape index (κ1) is 13.3. The number of methoxy groups -OCH3 is 1. The summed E-state index contributed by atoms with van der Waals surface area (Å²) in [6, 6.07) is 13.6. The molecule has 0 aliphatic heterocycles. The highest BCUT2D eigenvalue weighted by Gasteiger charge is 2.07. The molecular weight excluding hydrogens is 238 g/mol. The highest BCUT2D eigenvalue weighted by molar-refractivity contribution is 5.63. The van der Waals surface area contributed by atoms with Gasteiger partial charge in [0.2, 0.25) is 0 Å². The third-order valence-electron chi connectivity index (χ3n) is 2.94. The minimum absolute atomic E-state index is 0.516. The van der Waals surface area contributed by atoms with Crippen LogP contribution in [0.25, 0.3) is 0 Å². The van der Waals surface area contributed by atoms with E-state index < -0.39 is 0 Å². The first-order valence-electron chi connectivity index (χ1n) is 6.44. The summed E-state index contributed by atoms with van der Waals surface area (Å²) in [6.07, 6.45) is 2.23. The SMILES string of the molecule is CCCc1ccc(Oc2cccc(OC)c2N)cc1. The molecule has 2 N–H and O–H groups in total. The molecule has 0 spiro atoms. The minimum Gasteiger partial charge on any atom is -0.494 e. The number of anilines is 1. The summed E-state index contributed by atoms with van der Waals surface area (Å²) in [5.74, 6) is 2.02. The molecule has 0 aliphatic carbocycles. The minimum atomic E-state index is 0.516. The van der Waals surface area contributed by atoms with Crippen LogP contribution in [0.3, 0.4) is 0 Å². The number of aryl methyl sites for hydroxylation is 1. The molecule has 0 saturated carbocycles. The van der Waals surface area contributed by atoms with Gasteiger partial charge in [-0.15, -0.1) is 0 Å². The second kappa shape index (κ2) is 6.14. The molecule has 0 atom stereocenters. The molecule has 100 valence electrons. The van der Waals surface area contributed by atoms with Crippen molar-refractivity contribution in [3.63, 3.8) is 0 Å². The number of rotatable bonds is 5. The van der Waals surface area contributed by atoms with Crippen LogP contribution in [0.4, 0.5) is 5.69 Å². The molecule has 2 aromatic carbocycles. The number of para-hydroxylation sites is 1. The molecule has 0 unspecified atom stereocenters. The largest absolute Gasteiger partial charge is 0.494 e. The van der Waals surface area contributed by atoms with Crippen molar-refractivity contribution >= 4 is 5.69 Å². The second-order valence-electron chi connectivity index (χ2n) is 4.37. The van der Waals surface area contributed by atoms with Crippen molar-refractivity contribution in [2.24, 2.45) is 0 Å². The summed E-state index contributed by atoms with van der Waals surface area (Å²) in [5, 5.41) is 0. The first-order chi connectivity index (χ1) is 9.24. The second-order valence-corrected chi connectivity index (χ2v) is 4.37. The van der Waals surface area contributed by atoms with Gasteiger partial charge in [-0.2, -0.15) is 0 Å². The molecule has 3 heteroatoms. The van der Waals surface area contributed by atoms with Gasteiger partial charge in [-0.3, -0.25) is 0 Å². The van der Waals surface area contributed by atoms with E-state index in [-0.39, 0.29) is 0 Å². The van der Waals surface area contributed by atoms with E-state index in [0.717, 1.165) is 18.6 Å². The standard InChI is InChI=1S/C16H19NO2/c1-3-5-12-8-10-13(11-9-12)19-15-7-4-6-14(18-2)16(15)17/h4,6-11H,3,5,17H2,1-2H3. The van der Waals surface area contributed by atoms with Crippen LogP contribution in [0.5, 0.6) is 17.2 Å². The van der Waals surface area contributed by atoms with Gasteiger partial charge >= 0.3 is 0 Å². The Balaban J connectivity index is 2.16. The molecule has 0 heterocycles. The van der Waals surface area contributed by atoms with Crippen molar-refractivity contribution in [3.8, 4) is 17.2 Å². The lowest BCUT2D eigenvalue weighted by atomic mass is 10.1. The normalized spacial score (nSPS) is 10.2. The van der Waals surface area contributed by atoms with Gasteiger partial charge in [0.15, 0.2) is 5.75 Å². The van der Waals surface area contributed by atoms with Gasteiger partial charge in [0.25, 0.3) is 0 Å². The van der Waals surface area contributed by atoms with Crippen molar-refractivity contribution in [3.05, 3.63) is 48.0 Å². The smallest absolute Gasteiger partial charge is 0.154 e. The summed E-state index contributed by atoms with van der Waals surface area (Å²) in [7, 11) is 1.59. The Morgan fingerprint density at radius 1 is 1.00 bits per heavy atom. The van der Waals surface area contributed by atoms with Crippen LogP contribution in [0.15, 0.2) is 42.5 Å². The number of ether oxygens (including phenoxy) is 2. The third kappa shape index (κ3) is 3.19. The molecule has 0 fully saturated rings. The zero-order valence-electron chi connectivity index (χ0n) is 11.3. The molecule has 0 bridgehead atoms. The summed E-state index contributed by atoms with van der Waals surface area (Å²) in [5.41, 5.74) is 7.80. The Morgan fingerprint density at radius 2 is 1.68 bits per heavy atom. The van der Waals surface area contributed by atoms with Crippen LogP contribution in [0.1, 0.15) is 18.9 Å². The van der Waals surface area contributed by atoms with E-state index in [1.807, 2.05) is 30.3 Å². The molecule has 0 aromatic heterocycles. The van der Waals surface area contributed by atoms with Crippen molar-refractivity contribution in [1.29, 1.82) is 0 Å². The Kier molecular flexibility index (Phi) is 4.29. The maximum atomic E-state index is 5.97. The Bertz CT molecular complexity index is 535. The highest BCUT2D eigenvalue weighted by atomic mass is 16.5. The first-order valence-corrected chi connectivity index (χ1v) is 6.44. The zero-order chi connectivity index (χ0) is 13.7. The average molecular weight is 257 g/mol. The van der Waals surface area contributed by atoms with Crippen LogP contribution < -0.4 is 15.2 Å². The topological polar surface area (TPSA) is 44.5 Å². The lowest BCUT2D eigenvalue weighted by molar-refractivity contribution is 0.412. The lowest BCUT2D eigenvalue weighted by Gasteiger charge is -2.11. The van der Waals surface area contributed by atoms with E-state index in [2.05, 4.69) is 19.1 Å². The van der Waals surface area contributed by atoms with Crippen LogP contribution in [-0.4, -0.2) is 7.11 Å². The predicted molar refractivity (Wildman–Crippen MR) is 77.9 cm³/mol. The van der Waals surface area contributed by atoms with E-state index in [9.17, 15) is 0 Å². The van der Waals surface area contributed by atoms with Gasteiger partial charge < -0.3 is 15.2 Å². The summed E-state index contributed by atoms with van der Waals surface area (Å²) in [6.45, 7) is 2.17. The van der Waals surface area contributed by atoms with Gasteiger partial charge in [-0.05, 0) is 36.2 Å². The zero-order valence-corrected chi connectivity index (χ0v) is 11.3. The molecule has 0 saturated heterocycles. The Hall–Kier alpha value is -2.16. The third-order valence-corrected chi connectivity index (χ3v) is 2.94. The Morgan fingerprint density at radius 3 is 2.32 bits per heavy atom. The van der Waals surface area contributed by atoms with Crippen LogP contribution in [0.2, 0.25) is 0 Å². The van der Waals surface area contributed by atoms with Gasteiger partial charge in [0, 0.05) is 0 Å². The van der Waals surface area contributed by atoms with E-state index in [1.165, 1.54) is 5.56 Å². The van der Waals surface area contributed by atoms with Crippen LogP contribution in [-0.2, 0) is 6.42 Å². The number of nitrogen functional groups attached to an aromatic ring is 1. The highest BCUT2D eigenvalue weighted by Crippen LogP contribution is 2.34. The summed E-state index contributed by atoms with van der Waals surface area (Å²) in [4.78, 5) is 0. The van der Waals surface area contributed by atoms with Gasteiger partial charge in [0.1, 0.15) is 17.2 Å². The number of benzene rings is 2. The van der Waals surface area contributed by atoms with Gasteiger partial charge in [0.05, 0.1) is 7.11 Å². The summed E-state index contributed by atoms with van der Waals surface area (Å²) >= 11 is 0. The van der Waals surface area contributed by atoms with Crippen molar-refractivity contribution in [2.75, 3.05) is 12.8 Å². The van der Waals surface area contributed by atoms with Gasteiger partial charge in [-0.25, -0.2) is 0 Å². The molecule has 2 aromatic rings. The molecule has 2 rings (SSSR count). The van der Waals surface area contributed by atoms with Crippen LogP contribution >= 0.6 is 0 Å². The molecule has 0 aliphatic rings. The molecular formula is C16H19NO2. The maximum absolute atomic E-state index is 5.97. The monoisotopic (exact) mass is 257 g/mol. The van der Waals surface area contributed by atoms with E-state index in [1.54, 1.807) is 7.11 Å². The lowest BCUT2D eigenvalue weighted by Crippen LogP contribution is -1.96. The molecule has 0 amide bonds. The molecule has 0 radical (unpaired) electrons. The van der Waals surface area contributed by atoms with E-state index in [0.29, 0.717) is 17.2 Å². The molecule has 19 heavy (non-hydrogen) atoms.